The summed E-state index contributed by atoms with van der Waals surface area (Å²) in [6.45, 7) is 2.39. The zero-order valence-electron chi connectivity index (χ0n) is 14.7. The maximum atomic E-state index is 12.8. The number of amides is 1. The molecule has 0 bridgehead atoms. The van der Waals surface area contributed by atoms with Crippen molar-refractivity contribution < 1.29 is 18.7 Å². The highest BCUT2D eigenvalue weighted by Crippen LogP contribution is 2.06. The summed E-state index contributed by atoms with van der Waals surface area (Å²) >= 11 is 0. The lowest BCUT2D eigenvalue weighted by Crippen LogP contribution is -2.28. The molecular formula is C21H22FNO3. The fourth-order valence-corrected chi connectivity index (χ4v) is 2.23. The van der Waals surface area contributed by atoms with Crippen molar-refractivity contribution in [2.45, 2.75) is 19.8 Å². The largest absolute Gasteiger partial charge is 0.461 e. The summed E-state index contributed by atoms with van der Waals surface area (Å²) in [7, 11) is 0. The Morgan fingerprint density at radius 2 is 1.77 bits per heavy atom. The number of ether oxygens (including phenoxy) is 1. The minimum atomic E-state index is -0.511. The molecule has 0 atom stereocenters. The molecule has 2 rings (SSSR count). The van der Waals surface area contributed by atoms with Gasteiger partial charge in [0.15, 0.2) is 0 Å². The molecule has 0 unspecified atom stereocenters. The number of aryl methyl sites for hydroxylation is 2. The van der Waals surface area contributed by atoms with Crippen LogP contribution in [0.15, 0.2) is 54.6 Å². The summed E-state index contributed by atoms with van der Waals surface area (Å²) < 4.78 is 17.8. The van der Waals surface area contributed by atoms with Crippen LogP contribution >= 0.6 is 0 Å². The molecule has 0 aliphatic rings. The minimum absolute atomic E-state index is 0.0801. The second-order valence-corrected chi connectivity index (χ2v) is 5.89. The van der Waals surface area contributed by atoms with Gasteiger partial charge in [0.2, 0.25) is 5.91 Å². The summed E-state index contributed by atoms with van der Waals surface area (Å²) in [5.41, 5.74) is 3.00. The third-order valence-electron chi connectivity index (χ3n) is 3.71. The van der Waals surface area contributed by atoms with Crippen LogP contribution in [0.4, 0.5) is 4.39 Å². The van der Waals surface area contributed by atoms with Crippen LogP contribution < -0.4 is 5.32 Å². The number of hydrogen-bond acceptors (Lipinski definition) is 3. The van der Waals surface area contributed by atoms with Crippen molar-refractivity contribution in [3.8, 4) is 0 Å². The molecule has 0 radical (unpaired) electrons. The number of carbonyl (C=O) groups is 2. The Labute approximate surface area is 152 Å². The third-order valence-corrected chi connectivity index (χ3v) is 3.71. The number of halogens is 1. The van der Waals surface area contributed by atoms with E-state index >= 15 is 0 Å². The summed E-state index contributed by atoms with van der Waals surface area (Å²) in [5.74, 6) is -0.922. The van der Waals surface area contributed by atoms with Gasteiger partial charge in [-0.05, 0) is 42.7 Å². The molecule has 0 aliphatic carbocycles. The zero-order chi connectivity index (χ0) is 18.8. The average molecular weight is 355 g/mol. The van der Waals surface area contributed by atoms with Crippen LogP contribution in [-0.2, 0) is 20.7 Å². The topological polar surface area (TPSA) is 55.4 Å². The highest BCUT2D eigenvalue weighted by Gasteiger charge is 2.03. The molecule has 2 aromatic rings. The SMILES string of the molecule is Cc1ccc(CCC(=O)NCCOC(=O)C=Cc2ccc(F)cc2)cc1. The average Bonchev–Trinajstić information content (AvgIpc) is 2.64. The Morgan fingerprint density at radius 1 is 1.08 bits per heavy atom. The molecule has 0 saturated carbocycles. The molecule has 2 aromatic carbocycles. The number of esters is 1. The normalized spacial score (nSPS) is 10.7. The lowest BCUT2D eigenvalue weighted by molar-refractivity contribution is -0.138. The van der Waals surface area contributed by atoms with Crippen molar-refractivity contribution in [3.05, 3.63) is 77.1 Å². The van der Waals surface area contributed by atoms with Crippen molar-refractivity contribution in [2.75, 3.05) is 13.2 Å². The predicted octanol–water partition coefficient (Wildman–Crippen LogP) is 3.44. The van der Waals surface area contributed by atoms with E-state index in [2.05, 4.69) is 5.32 Å². The van der Waals surface area contributed by atoms with E-state index in [1.165, 1.54) is 23.8 Å². The molecule has 0 saturated heterocycles. The highest BCUT2D eigenvalue weighted by molar-refractivity contribution is 5.87. The maximum Gasteiger partial charge on any atom is 0.330 e. The number of hydrogen-bond donors (Lipinski definition) is 1. The standard InChI is InChI=1S/C21H22FNO3/c1-16-2-4-17(5-3-16)8-12-20(24)23-14-15-26-21(25)13-9-18-6-10-19(22)11-7-18/h2-7,9-11,13H,8,12,14-15H2,1H3,(H,23,24). The Morgan fingerprint density at radius 3 is 2.46 bits per heavy atom. The fourth-order valence-electron chi connectivity index (χ4n) is 2.23. The summed E-state index contributed by atoms with van der Waals surface area (Å²) in [4.78, 5) is 23.3. The second kappa shape index (κ2) is 10.1. The minimum Gasteiger partial charge on any atom is -0.461 e. The zero-order valence-corrected chi connectivity index (χ0v) is 14.7. The van der Waals surface area contributed by atoms with Crippen molar-refractivity contribution >= 4 is 18.0 Å². The smallest absolute Gasteiger partial charge is 0.330 e. The van der Waals surface area contributed by atoms with Gasteiger partial charge in [-0.25, -0.2) is 9.18 Å². The van der Waals surface area contributed by atoms with E-state index in [4.69, 9.17) is 4.74 Å². The molecule has 4 nitrogen and oxygen atoms in total. The predicted molar refractivity (Wildman–Crippen MR) is 98.9 cm³/mol. The van der Waals surface area contributed by atoms with Crippen molar-refractivity contribution in [2.24, 2.45) is 0 Å². The molecule has 0 aliphatic heterocycles. The Bertz CT molecular complexity index is 752. The van der Waals surface area contributed by atoms with E-state index in [-0.39, 0.29) is 24.9 Å². The fraction of sp³-hybridized carbons (Fsp3) is 0.238. The first-order valence-electron chi connectivity index (χ1n) is 8.45. The van der Waals surface area contributed by atoms with E-state index in [1.807, 2.05) is 31.2 Å². The van der Waals surface area contributed by atoms with Crippen molar-refractivity contribution in [3.63, 3.8) is 0 Å². The van der Waals surface area contributed by atoms with E-state index in [0.717, 1.165) is 5.56 Å². The van der Waals surface area contributed by atoms with Crippen molar-refractivity contribution in [1.82, 2.24) is 5.32 Å². The van der Waals surface area contributed by atoms with E-state index in [1.54, 1.807) is 18.2 Å². The van der Waals surface area contributed by atoms with Crippen molar-refractivity contribution in [1.29, 1.82) is 0 Å². The van der Waals surface area contributed by atoms with Gasteiger partial charge in [0.1, 0.15) is 12.4 Å². The van der Waals surface area contributed by atoms with Crippen LogP contribution in [0.1, 0.15) is 23.1 Å². The van der Waals surface area contributed by atoms with Crippen LogP contribution in [0.3, 0.4) is 0 Å². The highest BCUT2D eigenvalue weighted by atomic mass is 19.1. The van der Waals surface area contributed by atoms with Gasteiger partial charge in [0.05, 0.1) is 6.54 Å². The molecule has 1 amide bonds. The molecule has 0 fully saturated rings. The van der Waals surface area contributed by atoms with Gasteiger partial charge in [-0.1, -0.05) is 42.0 Å². The lowest BCUT2D eigenvalue weighted by Gasteiger charge is -2.06. The van der Waals surface area contributed by atoms with Crippen LogP contribution in [0.2, 0.25) is 0 Å². The molecular weight excluding hydrogens is 333 g/mol. The Balaban J connectivity index is 1.60. The number of carbonyl (C=O) groups excluding carboxylic acids is 2. The van der Waals surface area contributed by atoms with Crippen LogP contribution in [0.5, 0.6) is 0 Å². The van der Waals surface area contributed by atoms with Gasteiger partial charge in [-0.15, -0.1) is 0 Å². The van der Waals surface area contributed by atoms with Gasteiger partial charge >= 0.3 is 5.97 Å². The van der Waals surface area contributed by atoms with E-state index in [9.17, 15) is 14.0 Å². The maximum absolute atomic E-state index is 12.8. The molecule has 1 N–H and O–H groups in total. The monoisotopic (exact) mass is 355 g/mol. The molecule has 26 heavy (non-hydrogen) atoms. The van der Waals surface area contributed by atoms with E-state index < -0.39 is 5.97 Å². The lowest BCUT2D eigenvalue weighted by atomic mass is 10.1. The molecule has 0 aromatic heterocycles. The quantitative estimate of drug-likeness (QED) is 0.448. The number of benzene rings is 2. The van der Waals surface area contributed by atoms with Crippen LogP contribution in [0, 0.1) is 12.7 Å². The van der Waals surface area contributed by atoms with Gasteiger partial charge in [-0.3, -0.25) is 4.79 Å². The van der Waals surface area contributed by atoms with Crippen LogP contribution in [-0.4, -0.2) is 25.0 Å². The molecule has 5 heteroatoms. The summed E-state index contributed by atoms with van der Waals surface area (Å²) in [5, 5.41) is 2.72. The third kappa shape index (κ3) is 7.30. The summed E-state index contributed by atoms with van der Waals surface area (Å²) in [6, 6.07) is 13.8. The van der Waals surface area contributed by atoms with Gasteiger partial charge in [0.25, 0.3) is 0 Å². The Kier molecular flexibility index (Phi) is 7.55. The Hall–Kier alpha value is -2.95. The van der Waals surface area contributed by atoms with E-state index in [0.29, 0.717) is 18.4 Å². The number of rotatable bonds is 8. The first kappa shape index (κ1) is 19.4. The van der Waals surface area contributed by atoms with Crippen LogP contribution in [0.25, 0.3) is 6.08 Å². The summed E-state index contributed by atoms with van der Waals surface area (Å²) in [6.07, 6.45) is 3.88. The van der Waals surface area contributed by atoms with Gasteiger partial charge in [0, 0.05) is 12.5 Å². The first-order chi connectivity index (χ1) is 12.5. The molecule has 0 spiro atoms. The molecule has 0 heterocycles. The number of nitrogens with one attached hydrogen (secondary N) is 1. The first-order valence-corrected chi connectivity index (χ1v) is 8.45. The van der Waals surface area contributed by atoms with Gasteiger partial charge in [-0.2, -0.15) is 0 Å². The van der Waals surface area contributed by atoms with Gasteiger partial charge < -0.3 is 10.1 Å². The molecule has 136 valence electrons. The second-order valence-electron chi connectivity index (χ2n) is 5.89.